The van der Waals surface area contributed by atoms with Crippen LogP contribution in [0.4, 0.5) is 0 Å². The largest absolute Gasteiger partial charge is 0.465 e. The van der Waals surface area contributed by atoms with Crippen molar-refractivity contribution in [3.05, 3.63) is 46.3 Å². The summed E-state index contributed by atoms with van der Waals surface area (Å²) in [5.41, 5.74) is 1.20. The van der Waals surface area contributed by atoms with Gasteiger partial charge in [-0.25, -0.2) is 4.98 Å². The molecule has 0 aliphatic carbocycles. The lowest BCUT2D eigenvalue weighted by atomic mass is 9.93. The van der Waals surface area contributed by atoms with Crippen LogP contribution in [0.2, 0.25) is 0 Å². The first-order valence-corrected chi connectivity index (χ1v) is 10.4. The maximum absolute atomic E-state index is 12.4. The number of aromatic nitrogens is 1. The number of hydrogen-bond acceptors (Lipinski definition) is 5. The third-order valence-electron chi connectivity index (χ3n) is 4.84. The lowest BCUT2D eigenvalue weighted by molar-refractivity contribution is -0.133. The molecule has 0 bridgehead atoms. The van der Waals surface area contributed by atoms with Crippen molar-refractivity contribution in [3.63, 3.8) is 0 Å². The zero-order valence-electron chi connectivity index (χ0n) is 16.6. The normalized spacial score (nSPS) is 15.9. The van der Waals surface area contributed by atoms with Gasteiger partial charge in [-0.05, 0) is 31.1 Å². The van der Waals surface area contributed by atoms with E-state index in [2.05, 4.69) is 31.5 Å². The summed E-state index contributed by atoms with van der Waals surface area (Å²) < 4.78 is 5.12. The van der Waals surface area contributed by atoms with Crippen LogP contribution in [0.1, 0.15) is 56.0 Å². The highest BCUT2D eigenvalue weighted by molar-refractivity contribution is 7.09. The summed E-state index contributed by atoms with van der Waals surface area (Å²) in [6.07, 6.45) is 6.31. The van der Waals surface area contributed by atoms with E-state index in [1.165, 1.54) is 11.1 Å². The molecule has 0 unspecified atom stereocenters. The minimum Gasteiger partial charge on any atom is -0.465 e. The Labute approximate surface area is 169 Å². The molecule has 0 saturated carbocycles. The molecule has 3 rings (SSSR count). The summed E-state index contributed by atoms with van der Waals surface area (Å²) in [5, 5.41) is 5.96. The number of furan rings is 1. The molecular formula is C21H27N3O3S. The summed E-state index contributed by atoms with van der Waals surface area (Å²) in [6.45, 7) is 7.93. The molecule has 2 aromatic rings. The van der Waals surface area contributed by atoms with E-state index >= 15 is 0 Å². The average Bonchev–Trinajstić information content (AvgIpc) is 3.36. The van der Waals surface area contributed by atoms with Crippen LogP contribution >= 0.6 is 11.3 Å². The van der Waals surface area contributed by atoms with Gasteiger partial charge in [-0.1, -0.05) is 20.8 Å². The number of piperidine rings is 1. The molecule has 1 aliphatic rings. The van der Waals surface area contributed by atoms with Gasteiger partial charge in [0.25, 0.3) is 0 Å². The molecule has 2 aromatic heterocycles. The minimum atomic E-state index is -0.308. The number of carbonyl (C=O) groups is 2. The fraction of sp³-hybridized carbons (Fsp3) is 0.476. The topological polar surface area (TPSA) is 75.4 Å². The average molecular weight is 402 g/mol. The van der Waals surface area contributed by atoms with E-state index in [4.69, 9.17) is 9.40 Å². The van der Waals surface area contributed by atoms with Crippen LogP contribution in [-0.4, -0.2) is 41.3 Å². The zero-order valence-corrected chi connectivity index (χ0v) is 17.4. The van der Waals surface area contributed by atoms with E-state index in [1.807, 2.05) is 4.90 Å². The summed E-state index contributed by atoms with van der Waals surface area (Å²) in [6, 6.07) is 3.51. The van der Waals surface area contributed by atoms with Crippen molar-refractivity contribution in [2.75, 3.05) is 19.6 Å². The van der Waals surface area contributed by atoms with Gasteiger partial charge >= 0.3 is 0 Å². The van der Waals surface area contributed by atoms with Crippen LogP contribution in [0.5, 0.6) is 0 Å². The van der Waals surface area contributed by atoms with E-state index in [9.17, 15) is 9.59 Å². The van der Waals surface area contributed by atoms with Gasteiger partial charge < -0.3 is 14.6 Å². The number of thiazole rings is 1. The number of hydrogen-bond donors (Lipinski definition) is 1. The Morgan fingerprint density at radius 1 is 1.36 bits per heavy atom. The maximum Gasteiger partial charge on any atom is 0.244 e. The van der Waals surface area contributed by atoms with Crippen molar-refractivity contribution in [1.29, 1.82) is 0 Å². The Hall–Kier alpha value is -2.41. The molecule has 1 aliphatic heterocycles. The lowest BCUT2D eigenvalue weighted by Crippen LogP contribution is -2.43. The molecule has 1 fully saturated rings. The molecule has 0 aromatic carbocycles. The molecule has 0 atom stereocenters. The van der Waals surface area contributed by atoms with Crippen molar-refractivity contribution >= 4 is 29.2 Å². The van der Waals surface area contributed by atoms with Crippen LogP contribution in [0.3, 0.4) is 0 Å². The van der Waals surface area contributed by atoms with E-state index in [0.29, 0.717) is 24.8 Å². The Morgan fingerprint density at radius 3 is 2.71 bits per heavy atom. The Kier molecular flexibility index (Phi) is 6.34. The molecule has 0 spiro atoms. The van der Waals surface area contributed by atoms with Crippen LogP contribution in [0.25, 0.3) is 6.08 Å². The number of carbonyl (C=O) groups excluding carboxylic acids is 2. The standard InChI is InChI=1S/C21H27N3O3S/c1-21(2,3)17-14-28-20(23-17)15-8-10-24(11-9-15)19(26)13-22-18(25)7-6-16-5-4-12-27-16/h4-7,12,14-15H,8-11,13H2,1-3H3,(H,22,25)/b7-6-. The van der Waals surface area contributed by atoms with Gasteiger partial charge in [0.1, 0.15) is 5.76 Å². The predicted octanol–water partition coefficient (Wildman–Crippen LogP) is 3.57. The van der Waals surface area contributed by atoms with E-state index in [-0.39, 0.29) is 23.8 Å². The van der Waals surface area contributed by atoms with Gasteiger partial charge in [-0.2, -0.15) is 0 Å². The summed E-state index contributed by atoms with van der Waals surface area (Å²) >= 11 is 1.72. The van der Waals surface area contributed by atoms with E-state index in [0.717, 1.165) is 18.5 Å². The number of likely N-dealkylation sites (tertiary alicyclic amines) is 1. The molecule has 28 heavy (non-hydrogen) atoms. The van der Waals surface area contributed by atoms with Crippen LogP contribution in [-0.2, 0) is 15.0 Å². The molecule has 6 nitrogen and oxygen atoms in total. The van der Waals surface area contributed by atoms with Crippen molar-refractivity contribution in [2.45, 2.75) is 44.9 Å². The number of rotatable bonds is 5. The molecule has 150 valence electrons. The molecular weight excluding hydrogens is 374 g/mol. The minimum absolute atomic E-state index is 0.0113. The molecule has 1 saturated heterocycles. The van der Waals surface area contributed by atoms with Gasteiger partial charge in [0.2, 0.25) is 11.8 Å². The Morgan fingerprint density at radius 2 is 2.11 bits per heavy atom. The van der Waals surface area contributed by atoms with Crippen molar-refractivity contribution in [2.24, 2.45) is 0 Å². The Balaban J connectivity index is 1.43. The van der Waals surface area contributed by atoms with Crippen molar-refractivity contribution in [3.8, 4) is 0 Å². The third-order valence-corrected chi connectivity index (χ3v) is 5.85. The van der Waals surface area contributed by atoms with Crippen LogP contribution < -0.4 is 5.32 Å². The van der Waals surface area contributed by atoms with E-state index < -0.39 is 0 Å². The highest BCUT2D eigenvalue weighted by Crippen LogP contribution is 2.33. The van der Waals surface area contributed by atoms with Gasteiger partial charge in [-0.3, -0.25) is 9.59 Å². The first-order valence-electron chi connectivity index (χ1n) is 9.56. The fourth-order valence-corrected chi connectivity index (χ4v) is 4.29. The van der Waals surface area contributed by atoms with Gasteiger partial charge in [0.05, 0.1) is 23.5 Å². The van der Waals surface area contributed by atoms with Crippen molar-refractivity contribution in [1.82, 2.24) is 15.2 Å². The lowest BCUT2D eigenvalue weighted by Gasteiger charge is -2.31. The van der Waals surface area contributed by atoms with Crippen molar-refractivity contribution < 1.29 is 14.0 Å². The van der Waals surface area contributed by atoms with Gasteiger partial charge in [-0.15, -0.1) is 11.3 Å². The monoisotopic (exact) mass is 401 g/mol. The molecule has 1 N–H and O–H groups in total. The molecule has 2 amide bonds. The first-order chi connectivity index (χ1) is 13.3. The number of nitrogens with zero attached hydrogens (tertiary/aromatic N) is 2. The third kappa shape index (κ3) is 5.32. The number of nitrogens with one attached hydrogen (secondary N) is 1. The van der Waals surface area contributed by atoms with Crippen LogP contribution in [0.15, 0.2) is 34.3 Å². The van der Waals surface area contributed by atoms with Gasteiger partial charge in [0, 0.05) is 35.9 Å². The summed E-state index contributed by atoms with van der Waals surface area (Å²) in [4.78, 5) is 30.8. The highest BCUT2D eigenvalue weighted by Gasteiger charge is 2.27. The Bertz CT molecular complexity index is 825. The molecule has 7 heteroatoms. The second-order valence-electron chi connectivity index (χ2n) is 8.04. The summed E-state index contributed by atoms with van der Waals surface area (Å²) in [7, 11) is 0. The fourth-order valence-electron chi connectivity index (χ4n) is 3.07. The highest BCUT2D eigenvalue weighted by atomic mass is 32.1. The quantitative estimate of drug-likeness (QED) is 0.777. The smallest absolute Gasteiger partial charge is 0.244 e. The molecule has 3 heterocycles. The number of amides is 2. The first kappa shape index (κ1) is 20.3. The predicted molar refractivity (Wildman–Crippen MR) is 110 cm³/mol. The summed E-state index contributed by atoms with van der Waals surface area (Å²) in [5.74, 6) is 0.654. The second kappa shape index (κ2) is 8.73. The maximum atomic E-state index is 12.4. The molecule has 0 radical (unpaired) electrons. The SMILES string of the molecule is CC(C)(C)c1csc(C2CCN(C(=O)CNC(=O)/C=C\c3ccco3)CC2)n1. The zero-order chi connectivity index (χ0) is 20.1. The second-order valence-corrected chi connectivity index (χ2v) is 8.93. The van der Waals surface area contributed by atoms with Crippen LogP contribution in [0, 0.1) is 0 Å². The van der Waals surface area contributed by atoms with E-state index in [1.54, 1.807) is 35.8 Å². The van der Waals surface area contributed by atoms with Gasteiger partial charge in [0.15, 0.2) is 0 Å².